The SMILES string of the molecule is CC(C)C[C@@H](NC(=O)C[C@@H]1NC(=O)[C@H](Cc2ccccc2)NC1=O)C(=O)O. The summed E-state index contributed by atoms with van der Waals surface area (Å²) < 4.78 is 0. The Labute approximate surface area is 157 Å². The molecule has 3 atom stereocenters. The molecular formula is C19H25N3O5. The zero-order chi connectivity index (χ0) is 20.0. The van der Waals surface area contributed by atoms with Crippen LogP contribution in [0.2, 0.25) is 0 Å². The van der Waals surface area contributed by atoms with E-state index in [0.717, 1.165) is 5.56 Å². The van der Waals surface area contributed by atoms with Gasteiger partial charge in [-0.2, -0.15) is 0 Å². The number of hydrogen-bond donors (Lipinski definition) is 4. The van der Waals surface area contributed by atoms with Gasteiger partial charge in [-0.1, -0.05) is 44.2 Å². The monoisotopic (exact) mass is 375 g/mol. The van der Waals surface area contributed by atoms with Gasteiger partial charge < -0.3 is 21.1 Å². The third-order valence-corrected chi connectivity index (χ3v) is 4.28. The van der Waals surface area contributed by atoms with Gasteiger partial charge >= 0.3 is 5.97 Å². The molecule has 3 amide bonds. The summed E-state index contributed by atoms with van der Waals surface area (Å²) in [5.74, 6) is -2.46. The summed E-state index contributed by atoms with van der Waals surface area (Å²) in [7, 11) is 0. The molecule has 146 valence electrons. The summed E-state index contributed by atoms with van der Waals surface area (Å²) in [5, 5.41) is 16.8. The molecule has 8 nitrogen and oxygen atoms in total. The number of carboxylic acid groups (broad SMARTS) is 1. The van der Waals surface area contributed by atoms with E-state index in [9.17, 15) is 24.3 Å². The molecule has 2 rings (SSSR count). The number of carbonyl (C=O) groups is 4. The number of nitrogens with one attached hydrogen (secondary N) is 3. The number of carbonyl (C=O) groups excluding carboxylic acids is 3. The van der Waals surface area contributed by atoms with Gasteiger partial charge in [-0.3, -0.25) is 14.4 Å². The summed E-state index contributed by atoms with van der Waals surface area (Å²) in [6.07, 6.45) is 0.327. The van der Waals surface area contributed by atoms with Crippen molar-refractivity contribution in [3.05, 3.63) is 35.9 Å². The number of aliphatic carboxylic acids is 1. The average molecular weight is 375 g/mol. The van der Waals surface area contributed by atoms with Crippen molar-refractivity contribution in [3.63, 3.8) is 0 Å². The van der Waals surface area contributed by atoms with E-state index in [1.807, 2.05) is 44.2 Å². The van der Waals surface area contributed by atoms with Crippen molar-refractivity contribution in [3.8, 4) is 0 Å². The van der Waals surface area contributed by atoms with Crippen LogP contribution in [0, 0.1) is 5.92 Å². The molecule has 0 aromatic heterocycles. The molecule has 1 aliphatic rings. The van der Waals surface area contributed by atoms with E-state index < -0.39 is 35.9 Å². The van der Waals surface area contributed by atoms with E-state index in [0.29, 0.717) is 6.42 Å². The van der Waals surface area contributed by atoms with Crippen LogP contribution in [0.4, 0.5) is 0 Å². The number of carboxylic acids is 1. The maximum absolute atomic E-state index is 12.3. The predicted octanol–water partition coefficient (Wildman–Crippen LogP) is 0.218. The van der Waals surface area contributed by atoms with Gasteiger partial charge in [0.2, 0.25) is 17.7 Å². The summed E-state index contributed by atoms with van der Waals surface area (Å²) in [6, 6.07) is 6.54. The number of benzene rings is 1. The fraction of sp³-hybridized carbons (Fsp3) is 0.474. The van der Waals surface area contributed by atoms with E-state index in [1.54, 1.807) is 0 Å². The molecule has 0 aliphatic carbocycles. The second-order valence-corrected chi connectivity index (χ2v) is 7.10. The van der Waals surface area contributed by atoms with E-state index in [4.69, 9.17) is 0 Å². The summed E-state index contributed by atoms with van der Waals surface area (Å²) in [6.45, 7) is 3.70. The van der Waals surface area contributed by atoms with E-state index in [2.05, 4.69) is 16.0 Å². The van der Waals surface area contributed by atoms with Gasteiger partial charge in [0.05, 0.1) is 6.42 Å². The van der Waals surface area contributed by atoms with Gasteiger partial charge in [-0.05, 0) is 17.9 Å². The van der Waals surface area contributed by atoms with Gasteiger partial charge in [-0.25, -0.2) is 4.79 Å². The summed E-state index contributed by atoms with van der Waals surface area (Å²) >= 11 is 0. The Kier molecular flexibility index (Phi) is 6.92. The molecule has 0 unspecified atom stereocenters. The molecule has 8 heteroatoms. The van der Waals surface area contributed by atoms with Crippen molar-refractivity contribution in [2.45, 2.75) is 51.2 Å². The van der Waals surface area contributed by atoms with Crippen LogP contribution in [0.15, 0.2) is 30.3 Å². The quantitative estimate of drug-likeness (QED) is 0.517. The highest BCUT2D eigenvalue weighted by Crippen LogP contribution is 2.09. The Morgan fingerprint density at radius 3 is 2.26 bits per heavy atom. The molecule has 0 bridgehead atoms. The summed E-state index contributed by atoms with van der Waals surface area (Å²) in [4.78, 5) is 47.9. The highest BCUT2D eigenvalue weighted by Gasteiger charge is 2.35. The molecule has 1 fully saturated rings. The van der Waals surface area contributed by atoms with E-state index in [1.165, 1.54) is 0 Å². The molecule has 1 aliphatic heterocycles. The molecule has 0 saturated carbocycles. The lowest BCUT2D eigenvalue weighted by molar-refractivity contribution is -0.143. The van der Waals surface area contributed by atoms with Crippen LogP contribution in [0.1, 0.15) is 32.3 Å². The smallest absolute Gasteiger partial charge is 0.326 e. The molecular weight excluding hydrogens is 350 g/mol. The molecule has 27 heavy (non-hydrogen) atoms. The Morgan fingerprint density at radius 2 is 1.67 bits per heavy atom. The Balaban J connectivity index is 1.91. The highest BCUT2D eigenvalue weighted by atomic mass is 16.4. The molecule has 1 saturated heterocycles. The van der Waals surface area contributed by atoms with Crippen molar-refractivity contribution >= 4 is 23.7 Å². The minimum atomic E-state index is -1.13. The normalized spacial score (nSPS) is 20.6. The first-order chi connectivity index (χ1) is 12.8. The minimum absolute atomic E-state index is 0.0860. The lowest BCUT2D eigenvalue weighted by atomic mass is 10.0. The Hall–Kier alpha value is -2.90. The van der Waals surface area contributed by atoms with E-state index in [-0.39, 0.29) is 24.7 Å². The van der Waals surface area contributed by atoms with Crippen LogP contribution in [0.3, 0.4) is 0 Å². The third kappa shape index (κ3) is 6.09. The van der Waals surface area contributed by atoms with Crippen molar-refractivity contribution in [1.29, 1.82) is 0 Å². The van der Waals surface area contributed by atoms with Crippen LogP contribution in [0.25, 0.3) is 0 Å². The fourth-order valence-electron chi connectivity index (χ4n) is 2.94. The van der Waals surface area contributed by atoms with Crippen LogP contribution < -0.4 is 16.0 Å². The lowest BCUT2D eigenvalue weighted by Gasteiger charge is -2.29. The van der Waals surface area contributed by atoms with Crippen molar-refractivity contribution < 1.29 is 24.3 Å². The topological polar surface area (TPSA) is 125 Å². The maximum Gasteiger partial charge on any atom is 0.326 e. The van der Waals surface area contributed by atoms with Crippen LogP contribution in [-0.2, 0) is 25.6 Å². The number of amides is 3. The molecule has 4 N–H and O–H groups in total. The van der Waals surface area contributed by atoms with Gasteiger partial charge in [0.1, 0.15) is 18.1 Å². The second-order valence-electron chi connectivity index (χ2n) is 7.10. The van der Waals surface area contributed by atoms with Gasteiger partial charge in [0.15, 0.2) is 0 Å². The minimum Gasteiger partial charge on any atom is -0.480 e. The Morgan fingerprint density at radius 1 is 1.07 bits per heavy atom. The average Bonchev–Trinajstić information content (AvgIpc) is 2.59. The van der Waals surface area contributed by atoms with Crippen molar-refractivity contribution in [2.24, 2.45) is 5.92 Å². The zero-order valence-corrected chi connectivity index (χ0v) is 15.4. The van der Waals surface area contributed by atoms with E-state index >= 15 is 0 Å². The van der Waals surface area contributed by atoms with Gasteiger partial charge in [0, 0.05) is 6.42 Å². The van der Waals surface area contributed by atoms with Gasteiger partial charge in [0.25, 0.3) is 0 Å². The van der Waals surface area contributed by atoms with Gasteiger partial charge in [-0.15, -0.1) is 0 Å². The highest BCUT2D eigenvalue weighted by molar-refractivity contribution is 5.99. The predicted molar refractivity (Wildman–Crippen MR) is 97.6 cm³/mol. The Bertz CT molecular complexity index is 705. The van der Waals surface area contributed by atoms with Crippen LogP contribution in [0.5, 0.6) is 0 Å². The van der Waals surface area contributed by atoms with Crippen LogP contribution >= 0.6 is 0 Å². The number of rotatable bonds is 8. The summed E-state index contributed by atoms with van der Waals surface area (Å²) in [5.41, 5.74) is 0.909. The lowest BCUT2D eigenvalue weighted by Crippen LogP contribution is -2.63. The van der Waals surface area contributed by atoms with Crippen molar-refractivity contribution in [2.75, 3.05) is 0 Å². The first-order valence-electron chi connectivity index (χ1n) is 8.93. The molecule has 1 heterocycles. The first-order valence-corrected chi connectivity index (χ1v) is 8.93. The zero-order valence-electron chi connectivity index (χ0n) is 15.4. The molecule has 1 aromatic carbocycles. The molecule has 0 radical (unpaired) electrons. The molecule has 0 spiro atoms. The third-order valence-electron chi connectivity index (χ3n) is 4.28. The largest absolute Gasteiger partial charge is 0.480 e. The second kappa shape index (κ2) is 9.16. The first kappa shape index (κ1) is 20.4. The molecule has 1 aromatic rings. The number of hydrogen-bond acceptors (Lipinski definition) is 4. The van der Waals surface area contributed by atoms with Crippen LogP contribution in [-0.4, -0.2) is 46.9 Å². The maximum atomic E-state index is 12.3. The van der Waals surface area contributed by atoms with Crippen molar-refractivity contribution in [1.82, 2.24) is 16.0 Å². The fourth-order valence-corrected chi connectivity index (χ4v) is 2.94. The standard InChI is InChI=1S/C19H25N3O5/c1-11(2)8-15(19(26)27)20-16(23)10-14-18(25)21-13(17(24)22-14)9-12-6-4-3-5-7-12/h3-7,11,13-15H,8-10H2,1-2H3,(H,20,23)(H,21,25)(H,22,24)(H,26,27)/t13-,14-,15+/m0/s1. The number of piperazine rings is 1.